The van der Waals surface area contributed by atoms with E-state index in [9.17, 15) is 14.4 Å². The molecule has 0 spiro atoms. The summed E-state index contributed by atoms with van der Waals surface area (Å²) in [6, 6.07) is 18.4. The maximum atomic E-state index is 13.2. The molecule has 0 aliphatic rings. The molecule has 0 aliphatic heterocycles. The van der Waals surface area contributed by atoms with Gasteiger partial charge >= 0.3 is 0 Å². The predicted molar refractivity (Wildman–Crippen MR) is 158 cm³/mol. The molecule has 1 unspecified atom stereocenters. The second-order valence-electron chi connectivity index (χ2n) is 9.41. The number of methoxy groups -OCH3 is 3. The van der Waals surface area contributed by atoms with Gasteiger partial charge in [-0.15, -0.1) is 11.3 Å². The number of thiazole rings is 1. The van der Waals surface area contributed by atoms with Gasteiger partial charge in [-0.3, -0.25) is 14.4 Å². The van der Waals surface area contributed by atoms with Gasteiger partial charge in [0.1, 0.15) is 10.7 Å². The van der Waals surface area contributed by atoms with Gasteiger partial charge in [0.05, 0.1) is 27.4 Å². The molecule has 0 bridgehead atoms. The molecule has 4 aromatic rings. The number of carbonyl (C=O) groups excluding carboxylic acids is 3. The second kappa shape index (κ2) is 13.1. The van der Waals surface area contributed by atoms with Crippen molar-refractivity contribution in [1.29, 1.82) is 0 Å². The van der Waals surface area contributed by atoms with Crippen LogP contribution in [0.1, 0.15) is 61.7 Å². The van der Waals surface area contributed by atoms with Gasteiger partial charge in [0, 0.05) is 27.8 Å². The number of benzene rings is 3. The second-order valence-corrected chi connectivity index (χ2v) is 10.3. The average molecular weight is 574 g/mol. The fourth-order valence-electron chi connectivity index (χ4n) is 4.17. The summed E-state index contributed by atoms with van der Waals surface area (Å²) in [4.78, 5) is 43.6. The number of carbonyl (C=O) groups is 3. The van der Waals surface area contributed by atoms with Crippen LogP contribution in [-0.2, 0) is 0 Å². The molecule has 4 rings (SSSR count). The Morgan fingerprint density at radius 3 is 2.05 bits per heavy atom. The van der Waals surface area contributed by atoms with Crippen LogP contribution in [0.25, 0.3) is 0 Å². The summed E-state index contributed by atoms with van der Waals surface area (Å²) >= 11 is 1.28. The number of aromatic nitrogens is 1. The van der Waals surface area contributed by atoms with Crippen molar-refractivity contribution in [2.24, 2.45) is 5.92 Å². The first kappa shape index (κ1) is 29.3. The van der Waals surface area contributed by atoms with Crippen LogP contribution in [0.3, 0.4) is 0 Å². The van der Waals surface area contributed by atoms with Crippen molar-refractivity contribution >= 4 is 34.6 Å². The SMILES string of the molecule is COc1cc(C(=O)NC(c2nc(C(=O)Nc3cccc(C(=O)c4ccccc4)c3)cs2)C(C)C)cc(OC)c1OC. The zero-order valence-corrected chi connectivity index (χ0v) is 24.2. The molecule has 0 saturated heterocycles. The van der Waals surface area contributed by atoms with Gasteiger partial charge in [0.15, 0.2) is 17.3 Å². The van der Waals surface area contributed by atoms with E-state index in [-0.39, 0.29) is 23.3 Å². The van der Waals surface area contributed by atoms with Gasteiger partial charge in [-0.1, -0.05) is 56.3 Å². The molecule has 10 heteroatoms. The van der Waals surface area contributed by atoms with Crippen molar-refractivity contribution in [3.05, 3.63) is 99.5 Å². The monoisotopic (exact) mass is 573 g/mol. The van der Waals surface area contributed by atoms with Crippen LogP contribution < -0.4 is 24.8 Å². The van der Waals surface area contributed by atoms with Crippen LogP contribution in [0.15, 0.2) is 72.1 Å². The summed E-state index contributed by atoms with van der Waals surface area (Å²) in [7, 11) is 4.46. The normalized spacial score (nSPS) is 11.5. The lowest BCUT2D eigenvalue weighted by Crippen LogP contribution is -2.32. The quantitative estimate of drug-likeness (QED) is 0.219. The molecule has 212 valence electrons. The van der Waals surface area contributed by atoms with Crippen LogP contribution >= 0.6 is 11.3 Å². The van der Waals surface area contributed by atoms with E-state index >= 15 is 0 Å². The van der Waals surface area contributed by atoms with Crippen molar-refractivity contribution in [2.45, 2.75) is 19.9 Å². The molecule has 0 saturated carbocycles. The Labute approximate surface area is 242 Å². The van der Waals surface area contributed by atoms with E-state index in [0.29, 0.717) is 44.6 Å². The lowest BCUT2D eigenvalue weighted by molar-refractivity contribution is 0.0924. The molecule has 9 nitrogen and oxygen atoms in total. The highest BCUT2D eigenvalue weighted by atomic mass is 32.1. The standard InChI is InChI=1S/C31H31N3O6S/c1-18(2)26(34-29(36)21-15-24(38-3)28(40-5)25(16-21)39-4)31-33-23(17-41-31)30(37)32-22-13-9-12-20(14-22)27(35)19-10-7-6-8-11-19/h6-18,26H,1-5H3,(H,32,37)(H,34,36). The molecular weight excluding hydrogens is 542 g/mol. The zero-order chi connectivity index (χ0) is 29.5. The van der Waals surface area contributed by atoms with Gasteiger partial charge in [-0.2, -0.15) is 0 Å². The number of hydrogen-bond acceptors (Lipinski definition) is 8. The van der Waals surface area contributed by atoms with Crippen LogP contribution in [0.4, 0.5) is 5.69 Å². The summed E-state index contributed by atoms with van der Waals surface area (Å²) < 4.78 is 16.1. The summed E-state index contributed by atoms with van der Waals surface area (Å²) in [6.45, 7) is 3.91. The van der Waals surface area contributed by atoms with Gasteiger partial charge in [-0.05, 0) is 30.2 Å². The minimum absolute atomic E-state index is 0.0243. The van der Waals surface area contributed by atoms with E-state index in [0.717, 1.165) is 0 Å². The third-order valence-corrected chi connectivity index (χ3v) is 7.25. The summed E-state index contributed by atoms with van der Waals surface area (Å²) in [5, 5.41) is 8.06. The predicted octanol–water partition coefficient (Wildman–Crippen LogP) is 5.78. The van der Waals surface area contributed by atoms with Gasteiger partial charge in [0.25, 0.3) is 11.8 Å². The molecule has 1 atom stereocenters. The first-order valence-electron chi connectivity index (χ1n) is 12.8. The lowest BCUT2D eigenvalue weighted by atomic mass is 10.0. The highest BCUT2D eigenvalue weighted by Gasteiger charge is 2.25. The summed E-state index contributed by atoms with van der Waals surface area (Å²) in [5.41, 5.74) is 2.03. The van der Waals surface area contributed by atoms with E-state index in [2.05, 4.69) is 15.6 Å². The number of amides is 2. The van der Waals surface area contributed by atoms with Crippen molar-refractivity contribution in [3.8, 4) is 17.2 Å². The summed E-state index contributed by atoms with van der Waals surface area (Å²) in [6.07, 6.45) is 0. The molecule has 1 heterocycles. The fraction of sp³-hybridized carbons (Fsp3) is 0.226. The van der Waals surface area contributed by atoms with Crippen molar-refractivity contribution < 1.29 is 28.6 Å². The minimum atomic E-state index is -0.458. The van der Waals surface area contributed by atoms with E-state index in [1.165, 1.54) is 32.7 Å². The molecule has 2 amide bonds. The smallest absolute Gasteiger partial charge is 0.275 e. The number of nitrogens with zero attached hydrogens (tertiary/aromatic N) is 1. The van der Waals surface area contributed by atoms with Crippen molar-refractivity contribution in [3.63, 3.8) is 0 Å². The largest absolute Gasteiger partial charge is 0.493 e. The topological polar surface area (TPSA) is 116 Å². The van der Waals surface area contributed by atoms with Crippen LogP contribution in [0, 0.1) is 5.92 Å². The van der Waals surface area contributed by atoms with Crippen molar-refractivity contribution in [1.82, 2.24) is 10.3 Å². The van der Waals surface area contributed by atoms with E-state index in [4.69, 9.17) is 14.2 Å². The number of ether oxygens (including phenoxy) is 3. The van der Waals surface area contributed by atoms with Crippen molar-refractivity contribution in [2.75, 3.05) is 26.6 Å². The average Bonchev–Trinajstić information content (AvgIpc) is 3.49. The van der Waals surface area contributed by atoms with Crippen LogP contribution in [0.2, 0.25) is 0 Å². The molecule has 0 fully saturated rings. The Hall–Kier alpha value is -4.70. The number of ketones is 1. The molecular formula is C31H31N3O6S. The third kappa shape index (κ3) is 6.72. The van der Waals surface area contributed by atoms with E-state index in [1.807, 2.05) is 19.9 Å². The van der Waals surface area contributed by atoms with Gasteiger partial charge in [0.2, 0.25) is 5.75 Å². The molecule has 0 aliphatic carbocycles. The Morgan fingerprint density at radius 2 is 1.44 bits per heavy atom. The first-order valence-corrected chi connectivity index (χ1v) is 13.7. The molecule has 1 aromatic heterocycles. The molecule has 0 radical (unpaired) electrons. The molecule has 41 heavy (non-hydrogen) atoms. The fourth-order valence-corrected chi connectivity index (χ4v) is 5.20. The van der Waals surface area contributed by atoms with Gasteiger partial charge < -0.3 is 24.8 Å². The van der Waals surface area contributed by atoms with E-state index in [1.54, 1.807) is 66.0 Å². The van der Waals surface area contributed by atoms with Crippen LogP contribution in [0.5, 0.6) is 17.2 Å². The Morgan fingerprint density at radius 1 is 0.780 bits per heavy atom. The maximum Gasteiger partial charge on any atom is 0.275 e. The first-order chi connectivity index (χ1) is 19.7. The maximum absolute atomic E-state index is 13.2. The van der Waals surface area contributed by atoms with Gasteiger partial charge in [-0.25, -0.2) is 4.98 Å². The third-order valence-electron chi connectivity index (χ3n) is 6.32. The molecule has 2 N–H and O–H groups in total. The zero-order valence-electron chi connectivity index (χ0n) is 23.4. The Kier molecular flexibility index (Phi) is 9.36. The Bertz CT molecular complexity index is 1530. The minimum Gasteiger partial charge on any atom is -0.493 e. The number of hydrogen-bond donors (Lipinski definition) is 2. The highest BCUT2D eigenvalue weighted by molar-refractivity contribution is 7.10. The number of anilines is 1. The number of nitrogens with one attached hydrogen (secondary N) is 2. The van der Waals surface area contributed by atoms with E-state index < -0.39 is 11.9 Å². The Balaban J connectivity index is 1.50. The number of rotatable bonds is 11. The highest BCUT2D eigenvalue weighted by Crippen LogP contribution is 2.38. The lowest BCUT2D eigenvalue weighted by Gasteiger charge is -2.21. The van der Waals surface area contributed by atoms with Crippen LogP contribution in [-0.4, -0.2) is 43.9 Å². The molecule has 3 aromatic carbocycles. The summed E-state index contributed by atoms with van der Waals surface area (Å²) in [5.74, 6) is 0.169.